The minimum atomic E-state index is -0.0258. The lowest BCUT2D eigenvalue weighted by molar-refractivity contribution is 0.461. The van der Waals surface area contributed by atoms with Gasteiger partial charge >= 0.3 is 0 Å². The van der Waals surface area contributed by atoms with Crippen LogP contribution >= 0.6 is 0 Å². The van der Waals surface area contributed by atoms with Crippen molar-refractivity contribution in [2.75, 3.05) is 0 Å². The van der Waals surface area contributed by atoms with Crippen LogP contribution in [0.25, 0.3) is 0 Å². The molecule has 104 valence electrons. The highest BCUT2D eigenvalue weighted by Crippen LogP contribution is 2.37. The molecular formula is C18H27N. The average molecular weight is 257 g/mol. The van der Waals surface area contributed by atoms with Gasteiger partial charge in [0, 0.05) is 5.54 Å². The summed E-state index contributed by atoms with van der Waals surface area (Å²) < 4.78 is 0. The predicted octanol–water partition coefficient (Wildman–Crippen LogP) is 4.85. The lowest BCUT2D eigenvalue weighted by Gasteiger charge is -2.25. The Balaban J connectivity index is 1.74. The molecule has 1 aromatic carbocycles. The highest BCUT2D eigenvalue weighted by Gasteiger charge is 2.31. The van der Waals surface area contributed by atoms with E-state index in [1.54, 1.807) is 5.56 Å². The van der Waals surface area contributed by atoms with Crippen molar-refractivity contribution in [3.05, 3.63) is 35.4 Å². The molecule has 0 aromatic heterocycles. The predicted molar refractivity (Wildman–Crippen MR) is 81.2 cm³/mol. The molecule has 2 saturated carbocycles. The zero-order valence-corrected chi connectivity index (χ0v) is 12.0. The summed E-state index contributed by atoms with van der Waals surface area (Å²) in [5, 5.41) is 0. The number of nitrogens with two attached hydrogens (primary N) is 1. The third-order valence-electron chi connectivity index (χ3n) is 5.31. The molecule has 0 saturated heterocycles. The van der Waals surface area contributed by atoms with Gasteiger partial charge in [-0.05, 0) is 42.7 Å². The smallest absolute Gasteiger partial charge is 0.0409 e. The van der Waals surface area contributed by atoms with Crippen molar-refractivity contribution in [2.45, 2.75) is 75.7 Å². The number of rotatable bonds is 2. The number of benzene rings is 1. The third kappa shape index (κ3) is 2.86. The van der Waals surface area contributed by atoms with Crippen LogP contribution in [0.4, 0.5) is 0 Å². The summed E-state index contributed by atoms with van der Waals surface area (Å²) in [6, 6.07) is 9.34. The van der Waals surface area contributed by atoms with Crippen molar-refractivity contribution in [1.29, 1.82) is 0 Å². The van der Waals surface area contributed by atoms with E-state index in [2.05, 4.69) is 24.3 Å². The Kier molecular flexibility index (Phi) is 3.93. The zero-order chi connectivity index (χ0) is 13.1. The van der Waals surface area contributed by atoms with Crippen LogP contribution in [0.1, 0.15) is 81.3 Å². The second-order valence-corrected chi connectivity index (χ2v) is 6.67. The van der Waals surface area contributed by atoms with Gasteiger partial charge in [0.2, 0.25) is 0 Å². The Morgan fingerprint density at radius 2 is 1.37 bits per heavy atom. The van der Waals surface area contributed by atoms with Gasteiger partial charge in [-0.25, -0.2) is 0 Å². The topological polar surface area (TPSA) is 26.0 Å². The van der Waals surface area contributed by atoms with E-state index in [1.165, 1.54) is 56.9 Å². The van der Waals surface area contributed by atoms with Crippen LogP contribution in [-0.2, 0) is 5.54 Å². The molecule has 2 aliphatic rings. The molecule has 2 fully saturated rings. The van der Waals surface area contributed by atoms with E-state index in [9.17, 15) is 0 Å². The highest BCUT2D eigenvalue weighted by atomic mass is 14.8. The standard InChI is InChI=1S/C18H27N/c19-18(13-5-6-14-18)17-11-9-16(10-12-17)15-7-3-1-2-4-8-15/h9-12,15H,1-8,13-14,19H2. The minimum absolute atomic E-state index is 0.0258. The van der Waals surface area contributed by atoms with Gasteiger partial charge in [0.15, 0.2) is 0 Å². The molecule has 0 heterocycles. The lowest BCUT2D eigenvalue weighted by atomic mass is 9.86. The maximum Gasteiger partial charge on any atom is 0.0409 e. The number of hydrogen-bond donors (Lipinski definition) is 1. The monoisotopic (exact) mass is 257 g/mol. The first-order valence-corrected chi connectivity index (χ1v) is 8.17. The molecular weight excluding hydrogens is 230 g/mol. The van der Waals surface area contributed by atoms with Crippen LogP contribution in [0, 0.1) is 0 Å². The van der Waals surface area contributed by atoms with Gasteiger partial charge in [-0.3, -0.25) is 0 Å². The maximum absolute atomic E-state index is 6.53. The van der Waals surface area contributed by atoms with E-state index in [4.69, 9.17) is 5.73 Å². The van der Waals surface area contributed by atoms with Crippen LogP contribution in [0.5, 0.6) is 0 Å². The minimum Gasteiger partial charge on any atom is -0.321 e. The van der Waals surface area contributed by atoms with E-state index in [0.717, 1.165) is 18.8 Å². The first-order chi connectivity index (χ1) is 9.28. The van der Waals surface area contributed by atoms with Gasteiger partial charge in [0.25, 0.3) is 0 Å². The van der Waals surface area contributed by atoms with E-state index in [-0.39, 0.29) is 5.54 Å². The van der Waals surface area contributed by atoms with Crippen LogP contribution < -0.4 is 5.73 Å². The summed E-state index contributed by atoms with van der Waals surface area (Å²) in [6.45, 7) is 0. The maximum atomic E-state index is 6.53. The Morgan fingerprint density at radius 3 is 1.95 bits per heavy atom. The van der Waals surface area contributed by atoms with Gasteiger partial charge in [-0.1, -0.05) is 62.8 Å². The van der Waals surface area contributed by atoms with E-state index in [1.807, 2.05) is 0 Å². The third-order valence-corrected chi connectivity index (χ3v) is 5.31. The summed E-state index contributed by atoms with van der Waals surface area (Å²) in [7, 11) is 0. The van der Waals surface area contributed by atoms with Gasteiger partial charge in [-0.15, -0.1) is 0 Å². The molecule has 3 rings (SSSR count). The van der Waals surface area contributed by atoms with Gasteiger partial charge in [0.05, 0.1) is 0 Å². The molecule has 1 nitrogen and oxygen atoms in total. The molecule has 0 aliphatic heterocycles. The Hall–Kier alpha value is -0.820. The molecule has 0 unspecified atom stereocenters. The fourth-order valence-corrected chi connectivity index (χ4v) is 3.99. The van der Waals surface area contributed by atoms with Crippen molar-refractivity contribution in [2.24, 2.45) is 5.73 Å². The van der Waals surface area contributed by atoms with Crippen LogP contribution in [0.3, 0.4) is 0 Å². The summed E-state index contributed by atoms with van der Waals surface area (Å²) >= 11 is 0. The summed E-state index contributed by atoms with van der Waals surface area (Å²) in [4.78, 5) is 0. The number of hydrogen-bond acceptors (Lipinski definition) is 1. The largest absolute Gasteiger partial charge is 0.321 e. The molecule has 19 heavy (non-hydrogen) atoms. The van der Waals surface area contributed by atoms with Crippen molar-refractivity contribution < 1.29 is 0 Å². The van der Waals surface area contributed by atoms with Crippen molar-refractivity contribution in [3.8, 4) is 0 Å². The first-order valence-electron chi connectivity index (χ1n) is 8.17. The van der Waals surface area contributed by atoms with Crippen molar-refractivity contribution in [1.82, 2.24) is 0 Å². The Bertz CT molecular complexity index is 392. The van der Waals surface area contributed by atoms with E-state index >= 15 is 0 Å². The fraction of sp³-hybridized carbons (Fsp3) is 0.667. The van der Waals surface area contributed by atoms with E-state index < -0.39 is 0 Å². The molecule has 0 spiro atoms. The fourth-order valence-electron chi connectivity index (χ4n) is 3.99. The Morgan fingerprint density at radius 1 is 0.789 bits per heavy atom. The van der Waals surface area contributed by atoms with Gasteiger partial charge < -0.3 is 5.73 Å². The second kappa shape index (κ2) is 5.66. The van der Waals surface area contributed by atoms with Crippen molar-refractivity contribution in [3.63, 3.8) is 0 Å². The van der Waals surface area contributed by atoms with Crippen LogP contribution in [-0.4, -0.2) is 0 Å². The van der Waals surface area contributed by atoms with E-state index in [0.29, 0.717) is 0 Å². The molecule has 0 amide bonds. The quantitative estimate of drug-likeness (QED) is 0.753. The Labute approximate surface area is 117 Å². The lowest BCUT2D eigenvalue weighted by Crippen LogP contribution is -2.32. The molecule has 0 atom stereocenters. The van der Waals surface area contributed by atoms with Gasteiger partial charge in [-0.2, -0.15) is 0 Å². The normalized spacial score (nSPS) is 24.3. The molecule has 1 heteroatoms. The van der Waals surface area contributed by atoms with Crippen molar-refractivity contribution >= 4 is 0 Å². The molecule has 1 aromatic rings. The molecule has 2 aliphatic carbocycles. The zero-order valence-electron chi connectivity index (χ0n) is 12.0. The van der Waals surface area contributed by atoms with Gasteiger partial charge in [0.1, 0.15) is 0 Å². The van der Waals surface area contributed by atoms with Crippen LogP contribution in [0.15, 0.2) is 24.3 Å². The molecule has 0 bridgehead atoms. The highest BCUT2D eigenvalue weighted by molar-refractivity contribution is 5.31. The first kappa shape index (κ1) is 13.2. The SMILES string of the molecule is NC1(c2ccc(C3CCCCCC3)cc2)CCCC1. The second-order valence-electron chi connectivity index (χ2n) is 6.67. The summed E-state index contributed by atoms with van der Waals surface area (Å²) in [6.07, 6.45) is 13.4. The summed E-state index contributed by atoms with van der Waals surface area (Å²) in [5.41, 5.74) is 9.42. The molecule has 2 N–H and O–H groups in total. The summed E-state index contributed by atoms with van der Waals surface area (Å²) in [5.74, 6) is 0.800. The average Bonchev–Trinajstić information content (AvgIpc) is 2.73. The van der Waals surface area contributed by atoms with Crippen LogP contribution in [0.2, 0.25) is 0 Å². The molecule has 0 radical (unpaired) electrons.